The van der Waals surface area contributed by atoms with E-state index in [1.807, 2.05) is 0 Å². The molecular formula is C19H20F3N5O3S2. The Morgan fingerprint density at radius 1 is 1.09 bits per heavy atom. The average Bonchev–Trinajstić information content (AvgIpc) is 2.73. The summed E-state index contributed by atoms with van der Waals surface area (Å²) in [5.74, 6) is 5.86. The maximum absolute atomic E-state index is 13.0. The summed E-state index contributed by atoms with van der Waals surface area (Å²) in [6.07, 6.45) is 1.18. The molecule has 1 unspecified atom stereocenters. The zero-order valence-corrected chi connectivity index (χ0v) is 18.5. The third kappa shape index (κ3) is 4.52. The molecule has 32 heavy (non-hydrogen) atoms. The van der Waals surface area contributed by atoms with Crippen LogP contribution < -0.4 is 10.6 Å². The Morgan fingerprint density at radius 2 is 1.72 bits per heavy atom. The van der Waals surface area contributed by atoms with Crippen molar-refractivity contribution in [3.8, 4) is 11.8 Å². The van der Waals surface area contributed by atoms with Crippen LogP contribution in [0.3, 0.4) is 0 Å². The smallest absolute Gasteiger partial charge is 0.384 e. The first-order valence-corrected chi connectivity index (χ1v) is 12.2. The summed E-state index contributed by atoms with van der Waals surface area (Å²) in [7, 11) is -8.80. The summed E-state index contributed by atoms with van der Waals surface area (Å²) < 4.78 is 84.8. The number of nitrogens with one attached hydrogen (secondary N) is 1. The first kappa shape index (κ1) is 23.8. The van der Waals surface area contributed by atoms with Crippen LogP contribution >= 0.6 is 0 Å². The Kier molecular flexibility index (Phi) is 6.41. The summed E-state index contributed by atoms with van der Waals surface area (Å²) in [5, 5.41) is 0. The number of hydrogen-bond donors (Lipinski definition) is 2. The van der Waals surface area contributed by atoms with E-state index in [0.29, 0.717) is 5.69 Å². The van der Waals surface area contributed by atoms with Crippen LogP contribution in [-0.2, 0) is 19.8 Å². The fourth-order valence-corrected chi connectivity index (χ4v) is 5.40. The van der Waals surface area contributed by atoms with Gasteiger partial charge in [0.05, 0.1) is 4.90 Å². The highest BCUT2D eigenvalue weighted by Gasteiger charge is 2.43. The molecule has 1 aromatic heterocycles. The Hall–Kier alpha value is -2.82. The molecular weight excluding hydrogens is 467 g/mol. The number of nitrogens with zero attached hydrogens (tertiary/aromatic N) is 3. The highest BCUT2D eigenvalue weighted by molar-refractivity contribution is 7.93. The Labute approximate surface area is 184 Å². The maximum atomic E-state index is 13.0. The first-order chi connectivity index (χ1) is 14.9. The van der Waals surface area contributed by atoms with Gasteiger partial charge >= 0.3 is 5.51 Å². The molecule has 3 N–H and O–H groups in total. The van der Waals surface area contributed by atoms with Gasteiger partial charge in [-0.2, -0.15) is 17.5 Å². The second-order valence-electron chi connectivity index (χ2n) is 6.88. The van der Waals surface area contributed by atoms with Crippen LogP contribution in [0.2, 0.25) is 0 Å². The van der Waals surface area contributed by atoms with Gasteiger partial charge in [-0.3, -0.25) is 0 Å². The largest absolute Gasteiger partial charge is 0.483 e. The zero-order chi connectivity index (χ0) is 23.7. The Balaban J connectivity index is 1.86. The summed E-state index contributed by atoms with van der Waals surface area (Å²) in [6, 6.07) is 6.83. The monoisotopic (exact) mass is 487 g/mol. The van der Waals surface area contributed by atoms with Crippen molar-refractivity contribution >= 4 is 31.3 Å². The van der Waals surface area contributed by atoms with E-state index in [-0.39, 0.29) is 30.3 Å². The molecule has 8 nitrogen and oxygen atoms in total. The molecule has 0 bridgehead atoms. The van der Waals surface area contributed by atoms with Gasteiger partial charge in [0.25, 0.3) is 0 Å². The maximum Gasteiger partial charge on any atom is 0.483 e. The zero-order valence-electron chi connectivity index (χ0n) is 16.8. The van der Waals surface area contributed by atoms with Gasteiger partial charge < -0.3 is 10.6 Å². The quantitative estimate of drug-likeness (QED) is 0.640. The van der Waals surface area contributed by atoms with Gasteiger partial charge in [0.2, 0.25) is 10.0 Å². The van der Waals surface area contributed by atoms with Crippen molar-refractivity contribution in [3.05, 3.63) is 42.6 Å². The van der Waals surface area contributed by atoms with Crippen molar-refractivity contribution in [1.82, 2.24) is 9.29 Å². The fraction of sp³-hybridized carbons (Fsp3) is 0.316. The van der Waals surface area contributed by atoms with Crippen LogP contribution in [-0.4, -0.2) is 53.1 Å². The molecule has 13 heteroatoms. The van der Waals surface area contributed by atoms with Crippen LogP contribution in [0.4, 0.5) is 24.7 Å². The number of aromatic nitrogens is 1. The standard InChI is InChI=1S/C19H20F3N5O3S2/c1-2-3-15-13-26(32(29,30)17-8-9-18(23)25-12-17)10-11-27(15)14-4-6-16(7-5-14)31(24,28)19(20,21)22/h4-9,12,15,24H,10-11,13H2,1H3,(H2,23,25)/t15?,31-/m1/s1. The number of alkyl halides is 3. The number of hydrogen-bond acceptors (Lipinski definition) is 7. The van der Waals surface area contributed by atoms with E-state index in [1.165, 1.54) is 34.8 Å². The molecule has 2 atom stereocenters. The van der Waals surface area contributed by atoms with Gasteiger partial charge in [0.1, 0.15) is 16.8 Å². The van der Waals surface area contributed by atoms with Gasteiger partial charge in [-0.05, 0) is 43.3 Å². The van der Waals surface area contributed by atoms with Crippen molar-refractivity contribution in [2.75, 3.05) is 30.3 Å². The van der Waals surface area contributed by atoms with Crippen molar-refractivity contribution in [1.29, 1.82) is 4.78 Å². The highest BCUT2D eigenvalue weighted by Crippen LogP contribution is 2.32. The third-order valence-corrected chi connectivity index (χ3v) is 8.31. The minimum absolute atomic E-state index is 0.00920. The van der Waals surface area contributed by atoms with Crippen LogP contribution in [0, 0.1) is 16.6 Å². The molecule has 1 aliphatic rings. The first-order valence-electron chi connectivity index (χ1n) is 9.23. The molecule has 1 saturated heterocycles. The van der Waals surface area contributed by atoms with E-state index in [0.717, 1.165) is 12.1 Å². The van der Waals surface area contributed by atoms with E-state index in [1.54, 1.807) is 11.8 Å². The number of piperazine rings is 1. The van der Waals surface area contributed by atoms with Gasteiger partial charge in [-0.25, -0.2) is 22.4 Å². The minimum Gasteiger partial charge on any atom is -0.384 e. The number of nitrogens with two attached hydrogens (primary N) is 1. The molecule has 172 valence electrons. The molecule has 2 aromatic rings. The van der Waals surface area contributed by atoms with E-state index in [9.17, 15) is 25.8 Å². The number of rotatable bonds is 4. The van der Waals surface area contributed by atoms with E-state index in [2.05, 4.69) is 16.8 Å². The predicted octanol–water partition coefficient (Wildman–Crippen LogP) is 2.49. The number of benzene rings is 1. The molecule has 1 aliphatic heterocycles. The Bertz CT molecular complexity index is 1250. The van der Waals surface area contributed by atoms with Crippen molar-refractivity contribution in [2.45, 2.75) is 28.3 Å². The lowest BCUT2D eigenvalue weighted by Crippen LogP contribution is -2.54. The van der Waals surface area contributed by atoms with E-state index in [4.69, 9.17) is 10.5 Å². The van der Waals surface area contributed by atoms with E-state index >= 15 is 0 Å². The normalized spacial score (nSPS) is 19.6. The van der Waals surface area contributed by atoms with Gasteiger partial charge in [0, 0.05) is 31.5 Å². The van der Waals surface area contributed by atoms with Crippen molar-refractivity contribution in [3.63, 3.8) is 0 Å². The lowest BCUT2D eigenvalue weighted by molar-refractivity contribution is -0.0406. The summed E-state index contributed by atoms with van der Waals surface area (Å²) in [4.78, 5) is 4.92. The van der Waals surface area contributed by atoms with Crippen LogP contribution in [0.5, 0.6) is 0 Å². The van der Waals surface area contributed by atoms with Crippen LogP contribution in [0.1, 0.15) is 6.92 Å². The number of halogens is 3. The number of anilines is 2. The molecule has 3 rings (SSSR count). The predicted molar refractivity (Wildman–Crippen MR) is 114 cm³/mol. The Morgan fingerprint density at radius 3 is 2.25 bits per heavy atom. The summed E-state index contributed by atoms with van der Waals surface area (Å²) in [5.41, 5.74) is 0.815. The molecule has 0 aliphatic carbocycles. The molecule has 0 spiro atoms. The van der Waals surface area contributed by atoms with Crippen LogP contribution in [0.25, 0.3) is 0 Å². The van der Waals surface area contributed by atoms with Gasteiger partial charge in [0.15, 0.2) is 9.73 Å². The van der Waals surface area contributed by atoms with Crippen molar-refractivity contribution in [2.24, 2.45) is 0 Å². The minimum atomic E-state index is -5.18. The number of pyridine rings is 1. The SMILES string of the molecule is CC#CC1CN(S(=O)(=O)c2ccc(N)nc2)CCN1c1ccc([S@@](=N)(=O)C(F)(F)F)cc1. The molecule has 1 fully saturated rings. The topological polar surface area (TPSA) is 120 Å². The van der Waals surface area contributed by atoms with Gasteiger partial charge in [-0.15, -0.1) is 5.92 Å². The lowest BCUT2D eigenvalue weighted by Gasteiger charge is -2.39. The summed E-state index contributed by atoms with van der Waals surface area (Å²) >= 11 is 0. The third-order valence-electron chi connectivity index (χ3n) is 4.88. The molecule has 0 saturated carbocycles. The number of nitrogen functional groups attached to an aromatic ring is 1. The summed E-state index contributed by atoms with van der Waals surface area (Å²) in [6.45, 7) is 1.94. The highest BCUT2D eigenvalue weighted by atomic mass is 32.2. The van der Waals surface area contributed by atoms with Gasteiger partial charge in [-0.1, -0.05) is 5.92 Å². The molecule has 0 radical (unpaired) electrons. The van der Waals surface area contributed by atoms with Crippen LogP contribution in [0.15, 0.2) is 52.4 Å². The second kappa shape index (κ2) is 8.61. The van der Waals surface area contributed by atoms with E-state index < -0.39 is 36.2 Å². The fourth-order valence-electron chi connectivity index (χ4n) is 3.23. The average molecular weight is 488 g/mol. The van der Waals surface area contributed by atoms with Crippen molar-refractivity contribution < 1.29 is 25.8 Å². The molecule has 1 aromatic carbocycles. The second-order valence-corrected chi connectivity index (χ2v) is 10.9. The molecule has 2 heterocycles. The number of sulfonamides is 1. The lowest BCUT2D eigenvalue weighted by atomic mass is 10.1. The molecule has 0 amide bonds.